The van der Waals surface area contributed by atoms with E-state index in [0.717, 1.165) is 12.8 Å². The Morgan fingerprint density at radius 2 is 1.88 bits per heavy atom. The Kier molecular flexibility index (Phi) is 4.89. The number of alkyl halides is 2. The third-order valence-corrected chi connectivity index (χ3v) is 4.53. The van der Waals surface area contributed by atoms with E-state index in [-0.39, 0.29) is 24.0 Å². The van der Waals surface area contributed by atoms with Gasteiger partial charge in [0.25, 0.3) is 0 Å². The zero-order valence-electron chi connectivity index (χ0n) is 13.7. The van der Waals surface area contributed by atoms with Crippen LogP contribution in [-0.4, -0.2) is 36.7 Å². The molecule has 0 radical (unpaired) electrons. The zero-order valence-corrected chi connectivity index (χ0v) is 13.7. The largest absolute Gasteiger partial charge is 0.586 e. The standard InChI is InChI=1S/C17H22F2N2O3/c1-21(13-6-4-2-3-5-7-13)11-16(22)20-12-8-9-14-15(10-12)24-17(18,19)23-14/h8-10,13H,2-7,11H2,1H3,(H,20,22). The van der Waals surface area contributed by atoms with Crippen molar-refractivity contribution in [2.75, 3.05) is 18.9 Å². The summed E-state index contributed by atoms with van der Waals surface area (Å²) >= 11 is 0. The van der Waals surface area contributed by atoms with Gasteiger partial charge < -0.3 is 14.8 Å². The van der Waals surface area contributed by atoms with Crippen molar-refractivity contribution < 1.29 is 23.0 Å². The Morgan fingerprint density at radius 1 is 1.21 bits per heavy atom. The van der Waals surface area contributed by atoms with E-state index in [1.807, 2.05) is 7.05 Å². The molecular formula is C17H22F2N2O3. The van der Waals surface area contributed by atoms with Crippen molar-refractivity contribution in [2.24, 2.45) is 0 Å². The quantitative estimate of drug-likeness (QED) is 0.851. The number of hydrogen-bond donors (Lipinski definition) is 1. The summed E-state index contributed by atoms with van der Waals surface area (Å²) in [4.78, 5) is 14.3. The Balaban J connectivity index is 1.55. The fourth-order valence-electron chi connectivity index (χ4n) is 3.28. The average Bonchev–Trinajstić information content (AvgIpc) is 2.68. The number of ether oxygens (including phenoxy) is 2. The van der Waals surface area contributed by atoms with Gasteiger partial charge in [-0.05, 0) is 32.0 Å². The first-order valence-corrected chi connectivity index (χ1v) is 8.33. The van der Waals surface area contributed by atoms with Crippen LogP contribution < -0.4 is 14.8 Å². The molecule has 1 N–H and O–H groups in total. The van der Waals surface area contributed by atoms with Gasteiger partial charge in [-0.1, -0.05) is 25.7 Å². The highest BCUT2D eigenvalue weighted by molar-refractivity contribution is 5.92. The van der Waals surface area contributed by atoms with Gasteiger partial charge in [0.15, 0.2) is 11.5 Å². The molecule has 0 atom stereocenters. The van der Waals surface area contributed by atoms with Crippen LogP contribution >= 0.6 is 0 Å². The lowest BCUT2D eigenvalue weighted by Crippen LogP contribution is -2.37. The van der Waals surface area contributed by atoms with Gasteiger partial charge in [-0.2, -0.15) is 0 Å². The summed E-state index contributed by atoms with van der Waals surface area (Å²) in [5.41, 5.74) is 0.411. The summed E-state index contributed by atoms with van der Waals surface area (Å²) in [6.07, 6.45) is 3.51. The third-order valence-electron chi connectivity index (χ3n) is 4.53. The monoisotopic (exact) mass is 340 g/mol. The van der Waals surface area contributed by atoms with Gasteiger partial charge >= 0.3 is 6.29 Å². The summed E-state index contributed by atoms with van der Waals surface area (Å²) in [6, 6.07) is 4.65. The number of nitrogens with zero attached hydrogens (tertiary/aromatic N) is 1. The Bertz CT molecular complexity index is 601. The van der Waals surface area contributed by atoms with Gasteiger partial charge in [-0.25, -0.2) is 0 Å². The lowest BCUT2D eigenvalue weighted by atomic mass is 10.1. The molecule has 1 amide bonds. The first-order chi connectivity index (χ1) is 11.4. The van der Waals surface area contributed by atoms with Crippen LogP contribution in [0.1, 0.15) is 38.5 Å². The van der Waals surface area contributed by atoms with E-state index in [2.05, 4.69) is 19.7 Å². The van der Waals surface area contributed by atoms with Crippen molar-refractivity contribution in [1.29, 1.82) is 0 Å². The Morgan fingerprint density at radius 3 is 2.58 bits per heavy atom. The second-order valence-electron chi connectivity index (χ2n) is 6.44. The number of hydrogen-bond acceptors (Lipinski definition) is 4. The summed E-state index contributed by atoms with van der Waals surface area (Å²) in [5.74, 6) is -0.282. The van der Waals surface area contributed by atoms with Crippen LogP contribution in [0.15, 0.2) is 18.2 Å². The number of nitrogens with one attached hydrogen (secondary N) is 1. The van der Waals surface area contributed by atoms with Gasteiger partial charge in [0, 0.05) is 17.8 Å². The molecule has 7 heteroatoms. The molecule has 24 heavy (non-hydrogen) atoms. The van der Waals surface area contributed by atoms with Gasteiger partial charge in [0.1, 0.15) is 0 Å². The fourth-order valence-corrected chi connectivity index (χ4v) is 3.28. The first kappa shape index (κ1) is 17.0. The molecule has 0 saturated heterocycles. The topological polar surface area (TPSA) is 50.8 Å². The predicted molar refractivity (Wildman–Crippen MR) is 85.4 cm³/mol. The Hall–Kier alpha value is -1.89. The molecule has 132 valence electrons. The molecule has 3 rings (SSSR count). The molecule has 0 aromatic heterocycles. The lowest BCUT2D eigenvalue weighted by Gasteiger charge is -2.26. The number of amides is 1. The van der Waals surface area contributed by atoms with E-state index in [1.165, 1.54) is 43.9 Å². The molecule has 1 saturated carbocycles. The number of carbonyl (C=O) groups is 1. The highest BCUT2D eigenvalue weighted by Gasteiger charge is 2.43. The molecule has 1 aromatic rings. The molecule has 0 bridgehead atoms. The minimum atomic E-state index is -3.65. The minimum absolute atomic E-state index is 0.0337. The van der Waals surface area contributed by atoms with Crippen molar-refractivity contribution in [2.45, 2.75) is 50.9 Å². The molecule has 0 unspecified atom stereocenters. The van der Waals surface area contributed by atoms with Crippen LogP contribution in [0.3, 0.4) is 0 Å². The number of likely N-dealkylation sites (N-methyl/N-ethyl adjacent to an activating group) is 1. The normalized spacial score (nSPS) is 20.0. The lowest BCUT2D eigenvalue weighted by molar-refractivity contribution is -0.286. The fraction of sp³-hybridized carbons (Fsp3) is 0.588. The van der Waals surface area contributed by atoms with E-state index in [1.54, 1.807) is 0 Å². The van der Waals surface area contributed by atoms with E-state index >= 15 is 0 Å². The molecule has 0 spiro atoms. The van der Waals surface area contributed by atoms with Crippen molar-refractivity contribution in [3.63, 3.8) is 0 Å². The van der Waals surface area contributed by atoms with E-state index in [0.29, 0.717) is 11.7 Å². The SMILES string of the molecule is CN(CC(=O)Nc1ccc2c(c1)OC(F)(F)O2)C1CCCCCC1. The Labute approximate surface area is 139 Å². The number of fused-ring (bicyclic) bond motifs is 1. The van der Waals surface area contributed by atoms with Crippen LogP contribution in [0.4, 0.5) is 14.5 Å². The van der Waals surface area contributed by atoms with Crippen LogP contribution in [0.25, 0.3) is 0 Å². The number of rotatable bonds is 4. The molecule has 1 aliphatic heterocycles. The zero-order chi connectivity index (χ0) is 17.2. The predicted octanol–water partition coefficient (Wildman–Crippen LogP) is 3.60. The van der Waals surface area contributed by atoms with Crippen molar-refractivity contribution in [3.05, 3.63) is 18.2 Å². The van der Waals surface area contributed by atoms with E-state index in [9.17, 15) is 13.6 Å². The molecular weight excluding hydrogens is 318 g/mol. The molecule has 1 fully saturated rings. The number of anilines is 1. The number of halogens is 2. The van der Waals surface area contributed by atoms with Crippen LogP contribution in [0, 0.1) is 0 Å². The maximum Gasteiger partial charge on any atom is 0.586 e. The summed E-state index contributed by atoms with van der Waals surface area (Å²) in [7, 11) is 1.95. The highest BCUT2D eigenvalue weighted by Crippen LogP contribution is 2.42. The third kappa shape index (κ3) is 4.14. The van der Waals surface area contributed by atoms with E-state index < -0.39 is 6.29 Å². The van der Waals surface area contributed by atoms with E-state index in [4.69, 9.17) is 0 Å². The van der Waals surface area contributed by atoms with Crippen molar-refractivity contribution in [1.82, 2.24) is 4.90 Å². The average molecular weight is 340 g/mol. The van der Waals surface area contributed by atoms with Gasteiger partial charge in [-0.3, -0.25) is 9.69 Å². The molecule has 1 aromatic carbocycles. The van der Waals surface area contributed by atoms with Gasteiger partial charge in [-0.15, -0.1) is 8.78 Å². The second-order valence-corrected chi connectivity index (χ2v) is 6.44. The molecule has 5 nitrogen and oxygen atoms in total. The summed E-state index contributed by atoms with van der Waals surface area (Å²) < 4.78 is 34.7. The van der Waals surface area contributed by atoms with Gasteiger partial charge in [0.2, 0.25) is 5.91 Å². The first-order valence-electron chi connectivity index (χ1n) is 8.33. The smallest absolute Gasteiger partial charge is 0.395 e. The summed E-state index contributed by atoms with van der Waals surface area (Å²) in [5, 5.41) is 2.72. The maximum atomic E-state index is 13.0. The molecule has 1 aliphatic carbocycles. The van der Waals surface area contributed by atoms with Crippen molar-refractivity contribution >= 4 is 11.6 Å². The van der Waals surface area contributed by atoms with Crippen LogP contribution in [0.5, 0.6) is 11.5 Å². The maximum absolute atomic E-state index is 13.0. The number of carbonyl (C=O) groups excluding carboxylic acids is 1. The number of benzene rings is 1. The molecule has 1 heterocycles. The minimum Gasteiger partial charge on any atom is -0.395 e. The second kappa shape index (κ2) is 6.93. The van der Waals surface area contributed by atoms with Crippen molar-refractivity contribution in [3.8, 4) is 11.5 Å². The van der Waals surface area contributed by atoms with Crippen LogP contribution in [-0.2, 0) is 4.79 Å². The van der Waals surface area contributed by atoms with Crippen LogP contribution in [0.2, 0.25) is 0 Å². The molecule has 2 aliphatic rings. The summed E-state index contributed by atoms with van der Waals surface area (Å²) in [6.45, 7) is 0.273. The van der Waals surface area contributed by atoms with Gasteiger partial charge in [0.05, 0.1) is 6.54 Å². The highest BCUT2D eigenvalue weighted by atomic mass is 19.3.